The summed E-state index contributed by atoms with van der Waals surface area (Å²) in [5, 5.41) is 3.48. The molecule has 1 aliphatic heterocycles. The fourth-order valence-electron chi connectivity index (χ4n) is 2.71. The van der Waals surface area contributed by atoms with E-state index in [1.165, 1.54) is 45.6 Å². The van der Waals surface area contributed by atoms with Gasteiger partial charge in [-0.3, -0.25) is 4.90 Å². The summed E-state index contributed by atoms with van der Waals surface area (Å²) in [5.41, 5.74) is 0.339. The number of piperazine rings is 1. The van der Waals surface area contributed by atoms with E-state index in [0.29, 0.717) is 11.6 Å². The van der Waals surface area contributed by atoms with Crippen LogP contribution in [-0.2, 0) is 0 Å². The molecule has 1 saturated heterocycles. The van der Waals surface area contributed by atoms with Crippen molar-refractivity contribution in [1.82, 2.24) is 15.1 Å². The zero-order chi connectivity index (χ0) is 13.6. The quantitative estimate of drug-likeness (QED) is 0.785. The van der Waals surface area contributed by atoms with Gasteiger partial charge in [0, 0.05) is 37.8 Å². The Morgan fingerprint density at radius 2 is 1.72 bits per heavy atom. The number of hydrogen-bond acceptors (Lipinski definition) is 3. The van der Waals surface area contributed by atoms with E-state index in [4.69, 9.17) is 0 Å². The number of nitrogens with zero attached hydrogens (tertiary/aromatic N) is 2. The van der Waals surface area contributed by atoms with Crippen molar-refractivity contribution in [1.29, 1.82) is 0 Å². The van der Waals surface area contributed by atoms with Gasteiger partial charge >= 0.3 is 0 Å². The Bertz CT molecular complexity index is 214. The maximum Gasteiger partial charge on any atom is 0.0126 e. The van der Waals surface area contributed by atoms with Crippen LogP contribution in [0.1, 0.15) is 47.5 Å². The third-order valence-corrected chi connectivity index (χ3v) is 3.99. The van der Waals surface area contributed by atoms with Crippen molar-refractivity contribution in [3.05, 3.63) is 0 Å². The molecule has 1 fully saturated rings. The fraction of sp³-hybridized carbons (Fsp3) is 1.00. The van der Waals surface area contributed by atoms with Gasteiger partial charge in [-0.25, -0.2) is 0 Å². The third-order valence-electron chi connectivity index (χ3n) is 3.99. The molecule has 0 aromatic heterocycles. The monoisotopic (exact) mass is 255 g/mol. The lowest BCUT2D eigenvalue weighted by molar-refractivity contribution is 0.0614. The second kappa shape index (κ2) is 7.46. The first-order valence-corrected chi connectivity index (χ1v) is 7.64. The standard InChI is InChI=1S/C15H33N3/c1-6-16-14(2)8-7-9-17-10-12-18(13-11-17)15(3,4)5/h14,16H,6-13H2,1-5H3. The first kappa shape index (κ1) is 15.9. The molecular weight excluding hydrogens is 222 g/mol. The average molecular weight is 255 g/mol. The number of nitrogens with one attached hydrogen (secondary N) is 1. The summed E-state index contributed by atoms with van der Waals surface area (Å²) in [6.07, 6.45) is 2.62. The van der Waals surface area contributed by atoms with E-state index in [-0.39, 0.29) is 0 Å². The fourth-order valence-corrected chi connectivity index (χ4v) is 2.71. The van der Waals surface area contributed by atoms with Gasteiger partial charge in [-0.05, 0) is 53.6 Å². The highest BCUT2D eigenvalue weighted by Gasteiger charge is 2.25. The minimum Gasteiger partial charge on any atom is -0.315 e. The Labute approximate surface area is 114 Å². The van der Waals surface area contributed by atoms with Crippen molar-refractivity contribution in [3.63, 3.8) is 0 Å². The van der Waals surface area contributed by atoms with E-state index in [2.05, 4.69) is 49.7 Å². The SMILES string of the molecule is CCNC(C)CCCN1CCN(C(C)(C)C)CC1. The lowest BCUT2D eigenvalue weighted by atomic mass is 10.0. The molecule has 1 unspecified atom stereocenters. The maximum absolute atomic E-state index is 3.48. The molecular formula is C15H33N3. The van der Waals surface area contributed by atoms with Crippen molar-refractivity contribution in [2.24, 2.45) is 0 Å². The Balaban J connectivity index is 2.13. The summed E-state index contributed by atoms with van der Waals surface area (Å²) in [5.74, 6) is 0. The minimum absolute atomic E-state index is 0.339. The van der Waals surface area contributed by atoms with E-state index in [1.54, 1.807) is 0 Å². The molecule has 1 aliphatic rings. The maximum atomic E-state index is 3.48. The van der Waals surface area contributed by atoms with Gasteiger partial charge in [0.15, 0.2) is 0 Å². The van der Waals surface area contributed by atoms with E-state index >= 15 is 0 Å². The number of rotatable bonds is 6. The summed E-state index contributed by atoms with van der Waals surface area (Å²) in [7, 11) is 0. The van der Waals surface area contributed by atoms with Gasteiger partial charge in [0.1, 0.15) is 0 Å². The van der Waals surface area contributed by atoms with E-state index in [1.807, 2.05) is 0 Å². The predicted molar refractivity (Wildman–Crippen MR) is 80.1 cm³/mol. The van der Waals surface area contributed by atoms with Gasteiger partial charge in [-0.15, -0.1) is 0 Å². The molecule has 0 radical (unpaired) electrons. The van der Waals surface area contributed by atoms with Gasteiger partial charge in [0.05, 0.1) is 0 Å². The minimum atomic E-state index is 0.339. The van der Waals surface area contributed by atoms with Crippen molar-refractivity contribution >= 4 is 0 Å². The summed E-state index contributed by atoms with van der Waals surface area (Å²) in [6.45, 7) is 18.7. The molecule has 0 saturated carbocycles. The zero-order valence-electron chi connectivity index (χ0n) is 13.1. The van der Waals surface area contributed by atoms with E-state index < -0.39 is 0 Å². The van der Waals surface area contributed by atoms with Crippen LogP contribution in [0, 0.1) is 0 Å². The number of hydrogen-bond donors (Lipinski definition) is 1. The highest BCUT2D eigenvalue weighted by Crippen LogP contribution is 2.16. The molecule has 0 bridgehead atoms. The second-order valence-electron chi connectivity index (χ2n) is 6.60. The van der Waals surface area contributed by atoms with Crippen LogP contribution in [-0.4, -0.2) is 60.6 Å². The molecule has 108 valence electrons. The first-order chi connectivity index (χ1) is 8.43. The molecule has 1 heterocycles. The first-order valence-electron chi connectivity index (χ1n) is 7.64. The molecule has 1 N–H and O–H groups in total. The Morgan fingerprint density at radius 3 is 2.22 bits per heavy atom. The highest BCUT2D eigenvalue weighted by atomic mass is 15.3. The smallest absolute Gasteiger partial charge is 0.0126 e. The molecule has 1 atom stereocenters. The van der Waals surface area contributed by atoms with Gasteiger partial charge in [-0.1, -0.05) is 6.92 Å². The van der Waals surface area contributed by atoms with Crippen LogP contribution in [0.2, 0.25) is 0 Å². The van der Waals surface area contributed by atoms with Crippen LogP contribution in [0.15, 0.2) is 0 Å². The normalized spacial score (nSPS) is 21.2. The highest BCUT2D eigenvalue weighted by molar-refractivity contribution is 4.81. The van der Waals surface area contributed by atoms with Crippen LogP contribution in [0.4, 0.5) is 0 Å². The molecule has 1 rings (SSSR count). The third kappa shape index (κ3) is 5.68. The summed E-state index contributed by atoms with van der Waals surface area (Å²) in [6, 6.07) is 0.672. The molecule has 0 aromatic carbocycles. The van der Waals surface area contributed by atoms with Gasteiger partial charge in [0.25, 0.3) is 0 Å². The van der Waals surface area contributed by atoms with Crippen molar-refractivity contribution in [2.75, 3.05) is 39.3 Å². The second-order valence-corrected chi connectivity index (χ2v) is 6.60. The van der Waals surface area contributed by atoms with Crippen LogP contribution in [0.3, 0.4) is 0 Å². The van der Waals surface area contributed by atoms with Crippen LogP contribution >= 0.6 is 0 Å². The zero-order valence-corrected chi connectivity index (χ0v) is 13.1. The molecule has 0 spiro atoms. The molecule has 18 heavy (non-hydrogen) atoms. The Hall–Kier alpha value is -0.120. The molecule has 0 aliphatic carbocycles. The van der Waals surface area contributed by atoms with E-state index in [0.717, 1.165) is 6.54 Å². The van der Waals surface area contributed by atoms with Gasteiger partial charge < -0.3 is 10.2 Å². The largest absolute Gasteiger partial charge is 0.315 e. The molecule has 0 aromatic rings. The van der Waals surface area contributed by atoms with Crippen molar-refractivity contribution in [2.45, 2.75) is 59.0 Å². The predicted octanol–water partition coefficient (Wildman–Crippen LogP) is 2.18. The summed E-state index contributed by atoms with van der Waals surface area (Å²) in [4.78, 5) is 5.23. The molecule has 3 nitrogen and oxygen atoms in total. The summed E-state index contributed by atoms with van der Waals surface area (Å²) < 4.78 is 0. The van der Waals surface area contributed by atoms with Crippen LogP contribution < -0.4 is 5.32 Å². The van der Waals surface area contributed by atoms with Gasteiger partial charge in [0.2, 0.25) is 0 Å². The van der Waals surface area contributed by atoms with Crippen LogP contribution in [0.25, 0.3) is 0 Å². The Kier molecular flexibility index (Phi) is 6.61. The summed E-state index contributed by atoms with van der Waals surface area (Å²) >= 11 is 0. The lowest BCUT2D eigenvalue weighted by Gasteiger charge is -2.42. The van der Waals surface area contributed by atoms with Crippen molar-refractivity contribution < 1.29 is 0 Å². The average Bonchev–Trinajstić information content (AvgIpc) is 2.29. The van der Waals surface area contributed by atoms with Crippen molar-refractivity contribution in [3.8, 4) is 0 Å². The molecule has 3 heteroatoms. The topological polar surface area (TPSA) is 18.5 Å². The van der Waals surface area contributed by atoms with Crippen LogP contribution in [0.5, 0.6) is 0 Å². The lowest BCUT2D eigenvalue weighted by Crippen LogP contribution is -2.53. The van der Waals surface area contributed by atoms with E-state index in [9.17, 15) is 0 Å². The van der Waals surface area contributed by atoms with Gasteiger partial charge in [-0.2, -0.15) is 0 Å². The molecule has 0 amide bonds. The Morgan fingerprint density at radius 1 is 1.11 bits per heavy atom.